The Kier molecular flexibility index (Phi) is 8.00. The van der Waals surface area contributed by atoms with E-state index < -0.39 is 0 Å². The highest BCUT2D eigenvalue weighted by molar-refractivity contribution is 7.98. The molecule has 4 unspecified atom stereocenters. The van der Waals surface area contributed by atoms with Crippen molar-refractivity contribution in [1.82, 2.24) is 5.06 Å². The number of hydrogen-bond donors (Lipinski definition) is 1. The quantitative estimate of drug-likeness (QED) is 0.352. The Labute approximate surface area is 166 Å². The molecule has 2 bridgehead atoms. The van der Waals surface area contributed by atoms with Crippen molar-refractivity contribution in [1.29, 1.82) is 0 Å². The molecule has 2 heterocycles. The van der Waals surface area contributed by atoms with Crippen molar-refractivity contribution in [3.63, 3.8) is 0 Å². The lowest BCUT2D eigenvalue weighted by Gasteiger charge is -2.27. The van der Waals surface area contributed by atoms with Gasteiger partial charge in [-0.15, -0.1) is 0 Å². The van der Waals surface area contributed by atoms with Crippen LogP contribution in [0.1, 0.15) is 37.7 Å². The second kappa shape index (κ2) is 10.5. The highest BCUT2D eigenvalue weighted by Crippen LogP contribution is 2.45. The molecule has 4 atom stereocenters. The first-order valence-electron chi connectivity index (χ1n) is 9.95. The summed E-state index contributed by atoms with van der Waals surface area (Å²) in [6, 6.07) is 10.6. The number of rotatable bonds is 11. The van der Waals surface area contributed by atoms with E-state index in [4.69, 9.17) is 14.7 Å². The van der Waals surface area contributed by atoms with Crippen molar-refractivity contribution in [2.24, 2.45) is 11.8 Å². The first kappa shape index (κ1) is 20.6. The molecule has 1 aromatic carbocycles. The Balaban J connectivity index is 1.35. The molecule has 2 aliphatic rings. The Bertz CT molecular complexity index is 583. The molecule has 5 nitrogen and oxygen atoms in total. The van der Waals surface area contributed by atoms with Crippen LogP contribution in [0.2, 0.25) is 0 Å². The van der Waals surface area contributed by atoms with Crippen molar-refractivity contribution < 1.29 is 19.5 Å². The van der Waals surface area contributed by atoms with E-state index >= 15 is 0 Å². The van der Waals surface area contributed by atoms with E-state index in [0.717, 1.165) is 37.4 Å². The molecular weight excluding hydrogens is 362 g/mol. The van der Waals surface area contributed by atoms with Gasteiger partial charge in [-0.25, -0.2) is 5.06 Å². The molecule has 0 radical (unpaired) electrons. The topological polar surface area (TPSA) is 59.0 Å². The number of hydrogen-bond acceptors (Lipinski definition) is 5. The number of benzene rings is 1. The second-order valence-corrected chi connectivity index (χ2v) is 8.60. The zero-order valence-electron chi connectivity index (χ0n) is 16.1. The summed E-state index contributed by atoms with van der Waals surface area (Å²) in [5.74, 6) is 3.02. The Morgan fingerprint density at radius 3 is 2.70 bits per heavy atom. The summed E-state index contributed by atoms with van der Waals surface area (Å²) in [5, 5.41) is 9.69. The minimum Gasteiger partial charge on any atom is -0.381 e. The summed E-state index contributed by atoms with van der Waals surface area (Å²) in [4.78, 5) is 11.3. The van der Waals surface area contributed by atoms with Gasteiger partial charge in [0.05, 0.1) is 18.8 Å². The lowest BCUT2D eigenvalue weighted by molar-refractivity contribution is -0.159. The monoisotopic (exact) mass is 393 g/mol. The largest absolute Gasteiger partial charge is 0.381 e. The molecule has 0 aliphatic carbocycles. The Morgan fingerprint density at radius 2 is 1.96 bits per heavy atom. The van der Waals surface area contributed by atoms with E-state index in [-0.39, 0.29) is 5.91 Å². The normalized spacial score (nSPS) is 26.4. The molecule has 0 spiro atoms. The Morgan fingerprint density at radius 1 is 1.22 bits per heavy atom. The van der Waals surface area contributed by atoms with E-state index in [9.17, 15) is 4.79 Å². The van der Waals surface area contributed by atoms with Crippen LogP contribution in [-0.2, 0) is 20.0 Å². The van der Waals surface area contributed by atoms with Gasteiger partial charge in [0.15, 0.2) is 0 Å². The number of carbonyl (C=O) groups excluding carboxylic acids is 1. The summed E-state index contributed by atoms with van der Waals surface area (Å²) >= 11 is 2.00. The van der Waals surface area contributed by atoms with E-state index in [1.54, 1.807) is 0 Å². The van der Waals surface area contributed by atoms with Gasteiger partial charge in [-0.05, 0) is 37.0 Å². The smallest absolute Gasteiger partial charge is 0.245 e. The van der Waals surface area contributed by atoms with Crippen LogP contribution in [-0.4, -0.2) is 54.4 Å². The Hall–Kier alpha value is -1.08. The SMILES string of the molecule is CN(O)C(=O)CCCCOCC1C2CCC(O2)C1CSCc1ccccc1. The van der Waals surface area contributed by atoms with E-state index in [0.29, 0.717) is 42.1 Å². The minimum absolute atomic E-state index is 0.244. The number of unbranched alkanes of at least 4 members (excludes halogenated alkanes) is 1. The zero-order valence-corrected chi connectivity index (χ0v) is 16.9. The van der Waals surface area contributed by atoms with Crippen LogP contribution in [0.4, 0.5) is 0 Å². The number of amides is 1. The number of hydroxylamine groups is 2. The highest BCUT2D eigenvalue weighted by atomic mass is 32.2. The molecule has 3 rings (SSSR count). The third kappa shape index (κ3) is 5.95. The maximum Gasteiger partial charge on any atom is 0.245 e. The molecule has 1 aromatic rings. The molecule has 0 aromatic heterocycles. The summed E-state index contributed by atoms with van der Waals surface area (Å²) in [5.41, 5.74) is 1.38. The fraction of sp³-hybridized carbons (Fsp3) is 0.667. The summed E-state index contributed by atoms with van der Waals surface area (Å²) in [7, 11) is 1.36. The van der Waals surface area contributed by atoms with E-state index in [2.05, 4.69) is 30.3 Å². The van der Waals surface area contributed by atoms with Gasteiger partial charge < -0.3 is 9.47 Å². The second-order valence-electron chi connectivity index (χ2n) is 7.57. The molecule has 2 saturated heterocycles. The van der Waals surface area contributed by atoms with Gasteiger partial charge >= 0.3 is 0 Å². The fourth-order valence-corrected chi connectivity index (χ4v) is 5.36. The summed E-state index contributed by atoms with van der Waals surface area (Å²) < 4.78 is 12.1. The zero-order chi connectivity index (χ0) is 19.1. The van der Waals surface area contributed by atoms with Crippen molar-refractivity contribution in [2.75, 3.05) is 26.0 Å². The van der Waals surface area contributed by atoms with Gasteiger partial charge in [-0.1, -0.05) is 30.3 Å². The van der Waals surface area contributed by atoms with Gasteiger partial charge in [0.1, 0.15) is 0 Å². The number of thioether (sulfide) groups is 1. The minimum atomic E-state index is -0.244. The first-order valence-corrected chi connectivity index (χ1v) is 11.1. The molecule has 1 amide bonds. The van der Waals surface area contributed by atoms with Crippen molar-refractivity contribution >= 4 is 17.7 Å². The van der Waals surface area contributed by atoms with Crippen LogP contribution in [0.15, 0.2) is 30.3 Å². The standard InChI is InChI=1S/C21H31NO4S/c1-22(24)21(23)9-5-6-12-25-13-17-18(20-11-10-19(17)26-20)15-27-14-16-7-3-2-4-8-16/h2-4,7-8,17-20,24H,5-6,9-15H2,1H3. The first-order chi connectivity index (χ1) is 13.1. The highest BCUT2D eigenvalue weighted by Gasteiger charge is 2.48. The van der Waals surface area contributed by atoms with Crippen LogP contribution in [0, 0.1) is 11.8 Å². The molecule has 6 heteroatoms. The van der Waals surface area contributed by atoms with Crippen LogP contribution in [0.5, 0.6) is 0 Å². The molecular formula is C21H31NO4S. The lowest BCUT2D eigenvalue weighted by Crippen LogP contribution is -2.32. The average Bonchev–Trinajstić information content (AvgIpc) is 3.27. The van der Waals surface area contributed by atoms with Crippen LogP contribution < -0.4 is 0 Å². The van der Waals surface area contributed by atoms with Crippen LogP contribution >= 0.6 is 11.8 Å². The predicted octanol–water partition coefficient (Wildman–Crippen LogP) is 3.75. The fourth-order valence-electron chi connectivity index (χ4n) is 4.08. The predicted molar refractivity (Wildman–Crippen MR) is 107 cm³/mol. The third-order valence-electron chi connectivity index (χ3n) is 5.61. The maximum absolute atomic E-state index is 11.3. The number of nitrogens with zero attached hydrogens (tertiary/aromatic N) is 1. The van der Waals surface area contributed by atoms with Gasteiger partial charge in [-0.2, -0.15) is 11.8 Å². The molecule has 2 fully saturated rings. The van der Waals surface area contributed by atoms with Crippen molar-refractivity contribution in [3.05, 3.63) is 35.9 Å². The molecule has 27 heavy (non-hydrogen) atoms. The molecule has 1 N–H and O–H groups in total. The maximum atomic E-state index is 11.3. The van der Waals surface area contributed by atoms with E-state index in [1.165, 1.54) is 19.0 Å². The van der Waals surface area contributed by atoms with Gasteiger partial charge in [0.2, 0.25) is 5.91 Å². The number of ether oxygens (including phenoxy) is 2. The number of fused-ring (bicyclic) bond motifs is 2. The van der Waals surface area contributed by atoms with E-state index in [1.807, 2.05) is 11.8 Å². The molecule has 2 aliphatic heterocycles. The average molecular weight is 394 g/mol. The lowest BCUT2D eigenvalue weighted by atomic mass is 9.81. The van der Waals surface area contributed by atoms with Crippen LogP contribution in [0.3, 0.4) is 0 Å². The van der Waals surface area contributed by atoms with Gasteiger partial charge in [0.25, 0.3) is 0 Å². The molecule has 0 saturated carbocycles. The molecule has 150 valence electrons. The van der Waals surface area contributed by atoms with Gasteiger partial charge in [0, 0.05) is 37.7 Å². The third-order valence-corrected chi connectivity index (χ3v) is 6.77. The van der Waals surface area contributed by atoms with Gasteiger partial charge in [-0.3, -0.25) is 10.0 Å². The summed E-state index contributed by atoms with van der Waals surface area (Å²) in [6.07, 6.45) is 5.07. The van der Waals surface area contributed by atoms with Crippen molar-refractivity contribution in [2.45, 2.75) is 50.1 Å². The van der Waals surface area contributed by atoms with Crippen molar-refractivity contribution in [3.8, 4) is 0 Å². The summed E-state index contributed by atoms with van der Waals surface area (Å²) in [6.45, 7) is 1.42. The van der Waals surface area contributed by atoms with Crippen LogP contribution in [0.25, 0.3) is 0 Å². The number of carbonyl (C=O) groups is 1.